The van der Waals surface area contributed by atoms with Crippen LogP contribution in [0.1, 0.15) is 10.4 Å². The number of amides is 3. The Morgan fingerprint density at radius 1 is 1.14 bits per heavy atom. The number of anilines is 1. The topological polar surface area (TPSA) is 132 Å². The number of aromatic amines is 1. The van der Waals surface area contributed by atoms with E-state index >= 15 is 0 Å². The van der Waals surface area contributed by atoms with Crippen molar-refractivity contribution in [1.29, 1.82) is 0 Å². The first kappa shape index (κ1) is 12.9. The van der Waals surface area contributed by atoms with Gasteiger partial charge in [-0.3, -0.25) is 10.1 Å². The van der Waals surface area contributed by atoms with Crippen LogP contribution in [0.5, 0.6) is 11.5 Å². The second-order valence-electron chi connectivity index (χ2n) is 4.39. The zero-order chi connectivity index (χ0) is 15.0. The highest BCUT2D eigenvalue weighted by atomic mass is 16.7. The van der Waals surface area contributed by atoms with Gasteiger partial charge >= 0.3 is 6.03 Å². The van der Waals surface area contributed by atoms with Gasteiger partial charge in [-0.1, -0.05) is 0 Å². The number of nitrogens with one attached hydrogen (secondary N) is 2. The summed E-state index contributed by atoms with van der Waals surface area (Å²) in [5.41, 5.74) is 11.8. The molecular formula is C13H12N4O4. The second kappa shape index (κ2) is 4.75. The van der Waals surface area contributed by atoms with Crippen molar-refractivity contribution in [1.82, 2.24) is 4.98 Å². The van der Waals surface area contributed by atoms with Crippen molar-refractivity contribution in [2.45, 2.75) is 0 Å². The summed E-state index contributed by atoms with van der Waals surface area (Å²) in [6, 6.07) is 6.04. The maximum atomic E-state index is 11.4. The van der Waals surface area contributed by atoms with Gasteiger partial charge in [-0.15, -0.1) is 0 Å². The number of H-pyrrole nitrogens is 1. The number of carbonyl (C=O) groups is 2. The lowest BCUT2D eigenvalue weighted by Crippen LogP contribution is -2.22. The first-order chi connectivity index (χ1) is 10.0. The van der Waals surface area contributed by atoms with E-state index in [2.05, 4.69) is 10.3 Å². The number of benzene rings is 1. The Hall–Kier alpha value is -3.16. The lowest BCUT2D eigenvalue weighted by atomic mass is 10.1. The third kappa shape index (κ3) is 2.34. The first-order valence-electron chi connectivity index (χ1n) is 6.04. The number of ether oxygens (including phenoxy) is 2. The summed E-state index contributed by atoms with van der Waals surface area (Å²) in [5.74, 6) is 0.729. The van der Waals surface area contributed by atoms with Gasteiger partial charge in [0.15, 0.2) is 11.5 Å². The summed E-state index contributed by atoms with van der Waals surface area (Å²) in [7, 11) is 0. The number of urea groups is 1. The Bertz CT molecular complexity index is 738. The average molecular weight is 288 g/mol. The standard InChI is InChI=1S/C13H12N4O4/c14-11(18)7-4-8(16-12(7)17-13(15)19)6-1-2-9-10(3-6)21-5-20-9/h1-4,16H,5H2,(H2,14,18)(H3,15,17,19). The minimum absolute atomic E-state index is 0.140. The molecule has 0 radical (unpaired) electrons. The molecule has 6 N–H and O–H groups in total. The molecule has 108 valence electrons. The van der Waals surface area contributed by atoms with Crippen LogP contribution >= 0.6 is 0 Å². The fraction of sp³-hybridized carbons (Fsp3) is 0.0769. The van der Waals surface area contributed by atoms with E-state index in [1.165, 1.54) is 6.07 Å². The molecule has 1 aromatic carbocycles. The van der Waals surface area contributed by atoms with Crippen LogP contribution in [0.3, 0.4) is 0 Å². The van der Waals surface area contributed by atoms with Gasteiger partial charge in [-0.05, 0) is 24.3 Å². The van der Waals surface area contributed by atoms with Crippen molar-refractivity contribution < 1.29 is 19.1 Å². The molecule has 8 heteroatoms. The van der Waals surface area contributed by atoms with E-state index in [0.717, 1.165) is 5.56 Å². The summed E-state index contributed by atoms with van der Waals surface area (Å²) < 4.78 is 10.5. The van der Waals surface area contributed by atoms with Crippen LogP contribution in [0.15, 0.2) is 24.3 Å². The normalized spacial score (nSPS) is 12.2. The summed E-state index contributed by atoms with van der Waals surface area (Å²) in [5, 5.41) is 2.32. The van der Waals surface area contributed by atoms with Crippen LogP contribution in [0.4, 0.5) is 10.6 Å². The molecule has 3 rings (SSSR count). The molecule has 0 aliphatic carbocycles. The van der Waals surface area contributed by atoms with E-state index in [1.807, 2.05) is 0 Å². The molecule has 0 unspecified atom stereocenters. The lowest BCUT2D eigenvalue weighted by Gasteiger charge is -2.01. The largest absolute Gasteiger partial charge is 0.454 e. The molecule has 0 bridgehead atoms. The molecule has 0 saturated carbocycles. The van der Waals surface area contributed by atoms with E-state index in [-0.39, 0.29) is 18.2 Å². The number of hydrogen-bond donors (Lipinski definition) is 4. The van der Waals surface area contributed by atoms with Crippen molar-refractivity contribution in [3.8, 4) is 22.8 Å². The number of carbonyl (C=O) groups excluding carboxylic acids is 2. The Balaban J connectivity index is 2.02. The van der Waals surface area contributed by atoms with E-state index in [9.17, 15) is 9.59 Å². The maximum Gasteiger partial charge on any atom is 0.317 e. The van der Waals surface area contributed by atoms with Gasteiger partial charge in [0, 0.05) is 11.3 Å². The molecule has 0 fully saturated rings. The minimum Gasteiger partial charge on any atom is -0.454 e. The van der Waals surface area contributed by atoms with E-state index in [1.54, 1.807) is 18.2 Å². The SMILES string of the molecule is NC(=O)Nc1[nH]c(-c2ccc3c(c2)OCO3)cc1C(N)=O. The van der Waals surface area contributed by atoms with Crippen LogP contribution in [0, 0.1) is 0 Å². The predicted octanol–water partition coefficient (Wildman–Crippen LogP) is 1.000. The lowest BCUT2D eigenvalue weighted by molar-refractivity contribution is 0.100. The summed E-state index contributed by atoms with van der Waals surface area (Å²) in [6.45, 7) is 0.171. The van der Waals surface area contributed by atoms with Gasteiger partial charge in [0.2, 0.25) is 6.79 Å². The number of nitrogens with two attached hydrogens (primary N) is 2. The van der Waals surface area contributed by atoms with Gasteiger partial charge in [-0.2, -0.15) is 0 Å². The predicted molar refractivity (Wildman–Crippen MR) is 74.1 cm³/mol. The zero-order valence-corrected chi connectivity index (χ0v) is 10.8. The molecule has 1 aromatic heterocycles. The number of primary amides is 2. The second-order valence-corrected chi connectivity index (χ2v) is 4.39. The fourth-order valence-corrected chi connectivity index (χ4v) is 2.09. The first-order valence-corrected chi connectivity index (χ1v) is 6.04. The van der Waals surface area contributed by atoms with Crippen molar-refractivity contribution in [2.75, 3.05) is 12.1 Å². The van der Waals surface area contributed by atoms with Crippen LogP contribution in [-0.4, -0.2) is 23.7 Å². The molecule has 0 saturated heterocycles. The smallest absolute Gasteiger partial charge is 0.317 e. The quantitative estimate of drug-likeness (QED) is 0.670. The van der Waals surface area contributed by atoms with Crippen molar-refractivity contribution in [3.05, 3.63) is 29.8 Å². The molecule has 1 aliphatic heterocycles. The molecule has 1 aliphatic rings. The van der Waals surface area contributed by atoms with E-state index in [0.29, 0.717) is 17.2 Å². The van der Waals surface area contributed by atoms with Crippen LogP contribution < -0.4 is 26.3 Å². The minimum atomic E-state index is -0.795. The molecular weight excluding hydrogens is 276 g/mol. The molecule has 21 heavy (non-hydrogen) atoms. The van der Waals surface area contributed by atoms with E-state index < -0.39 is 11.9 Å². The molecule has 0 atom stereocenters. The average Bonchev–Trinajstić information content (AvgIpc) is 3.03. The van der Waals surface area contributed by atoms with Crippen molar-refractivity contribution >= 4 is 17.8 Å². The molecule has 8 nitrogen and oxygen atoms in total. The zero-order valence-electron chi connectivity index (χ0n) is 10.8. The Kier molecular flexibility index (Phi) is 2.90. The van der Waals surface area contributed by atoms with E-state index in [4.69, 9.17) is 20.9 Å². The number of aromatic nitrogens is 1. The van der Waals surface area contributed by atoms with Gasteiger partial charge in [0.1, 0.15) is 5.82 Å². The van der Waals surface area contributed by atoms with Crippen molar-refractivity contribution in [2.24, 2.45) is 11.5 Å². The molecule has 2 heterocycles. The Morgan fingerprint density at radius 2 is 1.90 bits per heavy atom. The highest BCUT2D eigenvalue weighted by molar-refractivity contribution is 6.03. The van der Waals surface area contributed by atoms with Crippen LogP contribution in [-0.2, 0) is 0 Å². The van der Waals surface area contributed by atoms with Gasteiger partial charge in [0.25, 0.3) is 5.91 Å². The highest BCUT2D eigenvalue weighted by Crippen LogP contribution is 2.36. The molecule has 0 spiro atoms. The maximum absolute atomic E-state index is 11.4. The summed E-state index contributed by atoms with van der Waals surface area (Å²) in [6.07, 6.45) is 0. The molecule has 3 amide bonds. The third-order valence-electron chi connectivity index (χ3n) is 3.01. The number of rotatable bonds is 3. The molecule has 2 aromatic rings. The monoisotopic (exact) mass is 288 g/mol. The number of hydrogen-bond acceptors (Lipinski definition) is 4. The van der Waals surface area contributed by atoms with Gasteiger partial charge in [0.05, 0.1) is 5.56 Å². The van der Waals surface area contributed by atoms with Crippen LogP contribution in [0.2, 0.25) is 0 Å². The Morgan fingerprint density at radius 3 is 2.62 bits per heavy atom. The van der Waals surface area contributed by atoms with Crippen molar-refractivity contribution in [3.63, 3.8) is 0 Å². The third-order valence-corrected chi connectivity index (χ3v) is 3.01. The highest BCUT2D eigenvalue weighted by Gasteiger charge is 2.18. The Labute approximate surface area is 119 Å². The summed E-state index contributed by atoms with van der Waals surface area (Å²) in [4.78, 5) is 25.2. The fourth-order valence-electron chi connectivity index (χ4n) is 2.09. The number of fused-ring (bicyclic) bond motifs is 1. The van der Waals surface area contributed by atoms with Crippen LogP contribution in [0.25, 0.3) is 11.3 Å². The van der Waals surface area contributed by atoms with Gasteiger partial charge in [-0.25, -0.2) is 4.79 Å². The van der Waals surface area contributed by atoms with Gasteiger partial charge < -0.3 is 25.9 Å². The summed E-state index contributed by atoms with van der Waals surface area (Å²) >= 11 is 0.